The molecule has 0 fully saturated rings. The van der Waals surface area contributed by atoms with Crippen molar-refractivity contribution in [2.24, 2.45) is 11.7 Å². The van der Waals surface area contributed by atoms with E-state index in [1.165, 1.54) is 12.1 Å². The summed E-state index contributed by atoms with van der Waals surface area (Å²) in [6, 6.07) is 4.38. The van der Waals surface area contributed by atoms with Crippen molar-refractivity contribution in [3.05, 3.63) is 35.1 Å². The first-order valence-corrected chi connectivity index (χ1v) is 6.29. The predicted octanol–water partition coefficient (Wildman–Crippen LogP) is 2.24. The molecular weight excluding hydrogens is 231 g/mol. The van der Waals surface area contributed by atoms with Crippen molar-refractivity contribution in [2.75, 3.05) is 13.1 Å². The highest BCUT2D eigenvalue weighted by atomic mass is 19.1. The molecule has 0 aromatic heterocycles. The molecular formula is C14H21FN2O. The van der Waals surface area contributed by atoms with Crippen molar-refractivity contribution < 1.29 is 9.18 Å². The maximum atomic E-state index is 13.1. The van der Waals surface area contributed by atoms with E-state index in [2.05, 4.69) is 12.2 Å². The molecule has 1 aromatic carbocycles. The monoisotopic (exact) mass is 252 g/mol. The number of carbonyl (C=O) groups excluding carboxylic acids is 1. The highest BCUT2D eigenvalue weighted by Gasteiger charge is 2.07. The molecule has 3 nitrogen and oxygen atoms in total. The van der Waals surface area contributed by atoms with Crippen LogP contribution in [0.2, 0.25) is 0 Å². The smallest absolute Gasteiger partial charge is 0.251 e. The molecule has 0 bridgehead atoms. The normalized spacial score (nSPS) is 12.2. The Balaban J connectivity index is 2.39. The number of nitrogens with two attached hydrogens (primary N) is 1. The van der Waals surface area contributed by atoms with Crippen molar-refractivity contribution in [3.63, 3.8) is 0 Å². The Morgan fingerprint density at radius 3 is 2.83 bits per heavy atom. The topological polar surface area (TPSA) is 55.1 Å². The van der Waals surface area contributed by atoms with E-state index in [-0.39, 0.29) is 11.7 Å². The van der Waals surface area contributed by atoms with E-state index in [4.69, 9.17) is 5.73 Å². The fourth-order valence-corrected chi connectivity index (χ4v) is 1.66. The summed E-state index contributed by atoms with van der Waals surface area (Å²) in [5.41, 5.74) is 6.50. The van der Waals surface area contributed by atoms with E-state index >= 15 is 0 Å². The van der Waals surface area contributed by atoms with Gasteiger partial charge in [0.2, 0.25) is 0 Å². The molecule has 18 heavy (non-hydrogen) atoms. The molecule has 100 valence electrons. The van der Waals surface area contributed by atoms with Crippen LogP contribution in [0.4, 0.5) is 4.39 Å². The van der Waals surface area contributed by atoms with Crippen LogP contribution in [0.3, 0.4) is 0 Å². The van der Waals surface area contributed by atoms with Crippen LogP contribution >= 0.6 is 0 Å². The fraction of sp³-hybridized carbons (Fsp3) is 0.500. The molecule has 0 aliphatic rings. The average molecular weight is 252 g/mol. The summed E-state index contributed by atoms with van der Waals surface area (Å²) in [5, 5.41) is 2.82. The molecule has 0 aliphatic heterocycles. The van der Waals surface area contributed by atoms with Gasteiger partial charge in [0, 0.05) is 12.1 Å². The van der Waals surface area contributed by atoms with Gasteiger partial charge in [-0.05, 0) is 56.0 Å². The van der Waals surface area contributed by atoms with E-state index in [0.29, 0.717) is 30.1 Å². The lowest BCUT2D eigenvalue weighted by molar-refractivity contribution is 0.0952. The summed E-state index contributed by atoms with van der Waals surface area (Å²) in [6.07, 6.45) is 1.91. The Morgan fingerprint density at radius 2 is 2.22 bits per heavy atom. The molecule has 1 aromatic rings. The standard InChI is InChI=1S/C14H21FN2O/c1-10(9-16)4-3-7-17-14(18)12-5-6-13(15)11(2)8-12/h5-6,8,10H,3-4,7,9,16H2,1-2H3,(H,17,18). The Morgan fingerprint density at radius 1 is 1.50 bits per heavy atom. The van der Waals surface area contributed by atoms with Gasteiger partial charge in [0.1, 0.15) is 5.82 Å². The van der Waals surface area contributed by atoms with E-state index in [0.717, 1.165) is 12.8 Å². The van der Waals surface area contributed by atoms with Gasteiger partial charge in [-0.2, -0.15) is 0 Å². The van der Waals surface area contributed by atoms with Crippen LogP contribution in [0.1, 0.15) is 35.7 Å². The van der Waals surface area contributed by atoms with E-state index < -0.39 is 0 Å². The Labute approximate surface area is 108 Å². The summed E-state index contributed by atoms with van der Waals surface area (Å²) in [4.78, 5) is 11.8. The molecule has 0 radical (unpaired) electrons. The minimum atomic E-state index is -0.289. The number of benzene rings is 1. The van der Waals surface area contributed by atoms with Crippen LogP contribution < -0.4 is 11.1 Å². The van der Waals surface area contributed by atoms with E-state index in [9.17, 15) is 9.18 Å². The zero-order valence-electron chi connectivity index (χ0n) is 11.0. The number of hydrogen-bond donors (Lipinski definition) is 2. The van der Waals surface area contributed by atoms with Gasteiger partial charge >= 0.3 is 0 Å². The minimum absolute atomic E-state index is 0.154. The third kappa shape index (κ3) is 4.45. The SMILES string of the molecule is Cc1cc(C(=O)NCCCC(C)CN)ccc1F. The molecule has 1 amide bonds. The van der Waals surface area contributed by atoms with Gasteiger partial charge in [-0.25, -0.2) is 4.39 Å². The van der Waals surface area contributed by atoms with Gasteiger partial charge in [0.15, 0.2) is 0 Å². The van der Waals surface area contributed by atoms with Gasteiger partial charge in [-0.3, -0.25) is 4.79 Å². The fourth-order valence-electron chi connectivity index (χ4n) is 1.66. The number of nitrogens with one attached hydrogen (secondary N) is 1. The van der Waals surface area contributed by atoms with Crippen LogP contribution in [-0.2, 0) is 0 Å². The number of hydrogen-bond acceptors (Lipinski definition) is 2. The second kappa shape index (κ2) is 7.11. The second-order valence-electron chi connectivity index (χ2n) is 4.70. The summed E-state index contributed by atoms with van der Waals surface area (Å²) < 4.78 is 13.1. The van der Waals surface area contributed by atoms with E-state index in [1.807, 2.05) is 0 Å². The molecule has 0 saturated heterocycles. The zero-order chi connectivity index (χ0) is 13.5. The molecule has 3 N–H and O–H groups in total. The highest BCUT2D eigenvalue weighted by molar-refractivity contribution is 5.94. The number of carbonyl (C=O) groups is 1. The largest absolute Gasteiger partial charge is 0.352 e. The summed E-state index contributed by atoms with van der Waals surface area (Å²) >= 11 is 0. The van der Waals surface area contributed by atoms with Crippen LogP contribution in [0, 0.1) is 18.7 Å². The number of aryl methyl sites for hydroxylation is 1. The number of rotatable bonds is 6. The van der Waals surface area contributed by atoms with Crippen LogP contribution in [0.5, 0.6) is 0 Å². The van der Waals surface area contributed by atoms with Crippen molar-refractivity contribution in [2.45, 2.75) is 26.7 Å². The molecule has 0 heterocycles. The maximum absolute atomic E-state index is 13.1. The molecule has 1 atom stereocenters. The van der Waals surface area contributed by atoms with Crippen molar-refractivity contribution in [3.8, 4) is 0 Å². The summed E-state index contributed by atoms with van der Waals surface area (Å²) in [7, 11) is 0. The van der Waals surface area contributed by atoms with Crippen LogP contribution in [0.25, 0.3) is 0 Å². The van der Waals surface area contributed by atoms with Gasteiger partial charge in [0.05, 0.1) is 0 Å². The molecule has 0 saturated carbocycles. The molecule has 1 unspecified atom stereocenters. The number of amides is 1. The highest BCUT2D eigenvalue weighted by Crippen LogP contribution is 2.09. The first kappa shape index (κ1) is 14.6. The summed E-state index contributed by atoms with van der Waals surface area (Å²) in [5.74, 6) is 0.0387. The van der Waals surface area contributed by atoms with E-state index in [1.54, 1.807) is 13.0 Å². The molecule has 0 aliphatic carbocycles. The third-order valence-corrected chi connectivity index (χ3v) is 2.98. The van der Waals surface area contributed by atoms with Crippen molar-refractivity contribution in [1.82, 2.24) is 5.32 Å². The lowest BCUT2D eigenvalue weighted by Gasteiger charge is -2.09. The lowest BCUT2D eigenvalue weighted by atomic mass is 10.1. The van der Waals surface area contributed by atoms with Crippen molar-refractivity contribution in [1.29, 1.82) is 0 Å². The minimum Gasteiger partial charge on any atom is -0.352 e. The van der Waals surface area contributed by atoms with Gasteiger partial charge < -0.3 is 11.1 Å². The van der Waals surface area contributed by atoms with Gasteiger partial charge in [-0.1, -0.05) is 6.92 Å². The predicted molar refractivity (Wildman–Crippen MR) is 70.9 cm³/mol. The van der Waals surface area contributed by atoms with Gasteiger partial charge in [-0.15, -0.1) is 0 Å². The van der Waals surface area contributed by atoms with Gasteiger partial charge in [0.25, 0.3) is 5.91 Å². The zero-order valence-corrected chi connectivity index (χ0v) is 11.0. The molecule has 0 spiro atoms. The Bertz CT molecular complexity index is 407. The summed E-state index contributed by atoms with van der Waals surface area (Å²) in [6.45, 7) is 5.03. The lowest BCUT2D eigenvalue weighted by Crippen LogP contribution is -2.25. The molecule has 1 rings (SSSR count). The maximum Gasteiger partial charge on any atom is 0.251 e. The Kier molecular flexibility index (Phi) is 5.78. The van der Waals surface area contributed by atoms with Crippen LogP contribution in [-0.4, -0.2) is 19.0 Å². The second-order valence-corrected chi connectivity index (χ2v) is 4.70. The van der Waals surface area contributed by atoms with Crippen LogP contribution in [0.15, 0.2) is 18.2 Å². The first-order valence-electron chi connectivity index (χ1n) is 6.29. The van der Waals surface area contributed by atoms with Crippen molar-refractivity contribution >= 4 is 5.91 Å². The Hall–Kier alpha value is -1.42. The molecule has 4 heteroatoms. The average Bonchev–Trinajstić information content (AvgIpc) is 2.37. The third-order valence-electron chi connectivity index (χ3n) is 2.98. The number of halogens is 1. The first-order chi connectivity index (χ1) is 8.54. The quantitative estimate of drug-likeness (QED) is 0.763.